The van der Waals surface area contributed by atoms with Gasteiger partial charge in [0.25, 0.3) is 0 Å². The van der Waals surface area contributed by atoms with Crippen LogP contribution in [0.25, 0.3) is 11.0 Å². The summed E-state index contributed by atoms with van der Waals surface area (Å²) in [5.74, 6) is 1.30. The van der Waals surface area contributed by atoms with E-state index in [-0.39, 0.29) is 17.9 Å². The van der Waals surface area contributed by atoms with Crippen molar-refractivity contribution in [3.63, 3.8) is 0 Å². The molecule has 1 amide bonds. The zero-order valence-electron chi connectivity index (χ0n) is 15.2. The van der Waals surface area contributed by atoms with E-state index in [0.29, 0.717) is 0 Å². The molecule has 134 valence electrons. The van der Waals surface area contributed by atoms with Gasteiger partial charge < -0.3 is 14.8 Å². The Morgan fingerprint density at radius 2 is 2.12 bits per heavy atom. The van der Waals surface area contributed by atoms with Gasteiger partial charge >= 0.3 is 0 Å². The summed E-state index contributed by atoms with van der Waals surface area (Å²) in [7, 11) is 0. The molecule has 1 aromatic carbocycles. The number of amides is 1. The molecule has 0 saturated carbocycles. The number of imidazole rings is 1. The molecule has 1 aliphatic heterocycles. The summed E-state index contributed by atoms with van der Waals surface area (Å²) in [6.45, 7) is 10.5. The number of nitrogens with one attached hydrogen (secondary N) is 1. The number of fused-ring (bicyclic) bond motifs is 1. The van der Waals surface area contributed by atoms with Gasteiger partial charge in [-0.3, -0.25) is 4.79 Å². The molecule has 5 nitrogen and oxygen atoms in total. The van der Waals surface area contributed by atoms with E-state index in [1.807, 2.05) is 24.3 Å². The zero-order chi connectivity index (χ0) is 17.8. The van der Waals surface area contributed by atoms with Crippen LogP contribution in [0.1, 0.15) is 33.1 Å². The molecule has 5 heteroatoms. The van der Waals surface area contributed by atoms with Crippen molar-refractivity contribution in [2.24, 2.45) is 5.92 Å². The van der Waals surface area contributed by atoms with Gasteiger partial charge in [0.1, 0.15) is 0 Å². The highest BCUT2D eigenvalue weighted by molar-refractivity contribution is 5.80. The predicted octanol–water partition coefficient (Wildman–Crippen LogP) is 3.35. The molecule has 1 aromatic heterocycles. The van der Waals surface area contributed by atoms with Crippen LogP contribution in [0.3, 0.4) is 0 Å². The SMILES string of the molecule is C=CCn1c(N2CCC(C(=O)N[C@H](C)CC)CC2)nc2ccccc21. The lowest BCUT2D eigenvalue weighted by molar-refractivity contribution is -0.126. The monoisotopic (exact) mass is 340 g/mol. The minimum absolute atomic E-state index is 0.113. The third kappa shape index (κ3) is 3.70. The van der Waals surface area contributed by atoms with Crippen molar-refractivity contribution < 1.29 is 4.79 Å². The van der Waals surface area contributed by atoms with Gasteiger partial charge in [-0.2, -0.15) is 0 Å². The molecule has 2 heterocycles. The number of nitrogens with zero attached hydrogens (tertiary/aromatic N) is 3. The van der Waals surface area contributed by atoms with Gasteiger partial charge in [0, 0.05) is 31.6 Å². The molecular weight excluding hydrogens is 312 g/mol. The first kappa shape index (κ1) is 17.5. The van der Waals surface area contributed by atoms with E-state index in [1.54, 1.807) is 0 Å². The highest BCUT2D eigenvalue weighted by atomic mass is 16.1. The average Bonchev–Trinajstić information content (AvgIpc) is 3.01. The van der Waals surface area contributed by atoms with Crippen molar-refractivity contribution in [3.05, 3.63) is 36.9 Å². The highest BCUT2D eigenvalue weighted by Gasteiger charge is 2.27. The van der Waals surface area contributed by atoms with Crippen LogP contribution in [0.15, 0.2) is 36.9 Å². The van der Waals surface area contributed by atoms with Crippen molar-refractivity contribution in [2.75, 3.05) is 18.0 Å². The standard InChI is InChI=1S/C20H28N4O/c1-4-12-24-18-9-7-6-8-17(18)22-20(24)23-13-10-16(11-14-23)19(25)21-15(3)5-2/h4,6-9,15-16H,1,5,10-14H2,2-3H3,(H,21,25)/t15-/m1/s1. The van der Waals surface area contributed by atoms with Gasteiger partial charge in [-0.15, -0.1) is 6.58 Å². The number of anilines is 1. The van der Waals surface area contributed by atoms with Crippen LogP contribution in [0.5, 0.6) is 0 Å². The minimum Gasteiger partial charge on any atom is -0.353 e. The van der Waals surface area contributed by atoms with Crippen LogP contribution in [-0.4, -0.2) is 34.6 Å². The summed E-state index contributed by atoms with van der Waals surface area (Å²) >= 11 is 0. The fourth-order valence-electron chi connectivity index (χ4n) is 3.42. The molecule has 0 spiro atoms. The Morgan fingerprint density at radius 1 is 1.40 bits per heavy atom. The van der Waals surface area contributed by atoms with Gasteiger partial charge in [0.05, 0.1) is 11.0 Å². The van der Waals surface area contributed by atoms with Gasteiger partial charge in [-0.25, -0.2) is 4.98 Å². The fourth-order valence-corrected chi connectivity index (χ4v) is 3.42. The van der Waals surface area contributed by atoms with Crippen LogP contribution >= 0.6 is 0 Å². The molecule has 1 saturated heterocycles. The smallest absolute Gasteiger partial charge is 0.223 e. The van der Waals surface area contributed by atoms with E-state index >= 15 is 0 Å². The van der Waals surface area contributed by atoms with Gasteiger partial charge in [0.2, 0.25) is 11.9 Å². The lowest BCUT2D eigenvalue weighted by atomic mass is 9.95. The molecule has 0 unspecified atom stereocenters. The molecule has 0 bridgehead atoms. The van der Waals surface area contributed by atoms with Gasteiger partial charge in [-0.05, 0) is 38.3 Å². The normalized spacial score (nSPS) is 16.8. The fraction of sp³-hybridized carbons (Fsp3) is 0.500. The molecule has 3 rings (SSSR count). The van der Waals surface area contributed by atoms with Crippen LogP contribution < -0.4 is 10.2 Å². The Bertz CT molecular complexity index is 743. The van der Waals surface area contributed by atoms with Crippen LogP contribution in [-0.2, 0) is 11.3 Å². The number of carbonyl (C=O) groups excluding carboxylic acids is 1. The number of aromatic nitrogens is 2. The van der Waals surface area contributed by atoms with Crippen molar-refractivity contribution in [2.45, 2.75) is 45.7 Å². The maximum Gasteiger partial charge on any atom is 0.223 e. The molecule has 1 N–H and O–H groups in total. The predicted molar refractivity (Wildman–Crippen MR) is 103 cm³/mol. The van der Waals surface area contributed by atoms with Crippen molar-refractivity contribution in [1.82, 2.24) is 14.9 Å². The number of hydrogen-bond donors (Lipinski definition) is 1. The Kier molecular flexibility index (Phi) is 5.41. The van der Waals surface area contributed by atoms with E-state index in [4.69, 9.17) is 4.98 Å². The number of para-hydroxylation sites is 2. The summed E-state index contributed by atoms with van der Waals surface area (Å²) in [5, 5.41) is 3.12. The topological polar surface area (TPSA) is 50.2 Å². The maximum atomic E-state index is 12.4. The lowest BCUT2D eigenvalue weighted by Crippen LogP contribution is -2.43. The van der Waals surface area contributed by atoms with Crippen LogP contribution in [0.4, 0.5) is 5.95 Å². The number of hydrogen-bond acceptors (Lipinski definition) is 3. The van der Waals surface area contributed by atoms with E-state index in [0.717, 1.165) is 55.9 Å². The van der Waals surface area contributed by atoms with E-state index < -0.39 is 0 Å². The second-order valence-electron chi connectivity index (χ2n) is 6.88. The maximum absolute atomic E-state index is 12.4. The molecule has 0 radical (unpaired) electrons. The largest absolute Gasteiger partial charge is 0.353 e. The summed E-state index contributed by atoms with van der Waals surface area (Å²) < 4.78 is 2.21. The van der Waals surface area contributed by atoms with Crippen LogP contribution in [0, 0.1) is 5.92 Å². The summed E-state index contributed by atoms with van der Waals surface area (Å²) in [4.78, 5) is 19.5. The number of rotatable bonds is 6. The molecule has 2 aromatic rings. The number of benzene rings is 1. The van der Waals surface area contributed by atoms with Gasteiger partial charge in [0.15, 0.2) is 0 Å². The Balaban J connectivity index is 1.73. The van der Waals surface area contributed by atoms with Crippen molar-refractivity contribution in [1.29, 1.82) is 0 Å². The summed E-state index contributed by atoms with van der Waals surface area (Å²) in [6, 6.07) is 8.45. The first-order valence-electron chi connectivity index (χ1n) is 9.25. The molecule has 1 fully saturated rings. The third-order valence-corrected chi connectivity index (χ3v) is 5.10. The Labute approximate surface area is 149 Å². The van der Waals surface area contributed by atoms with E-state index in [9.17, 15) is 4.79 Å². The zero-order valence-corrected chi connectivity index (χ0v) is 15.2. The average molecular weight is 340 g/mol. The second-order valence-corrected chi connectivity index (χ2v) is 6.88. The minimum atomic E-state index is 0.113. The Morgan fingerprint density at radius 3 is 2.80 bits per heavy atom. The summed E-state index contributed by atoms with van der Waals surface area (Å²) in [6.07, 6.45) is 4.62. The summed E-state index contributed by atoms with van der Waals surface area (Å²) in [5.41, 5.74) is 2.14. The van der Waals surface area contributed by atoms with Gasteiger partial charge in [-0.1, -0.05) is 25.1 Å². The Hall–Kier alpha value is -2.30. The van der Waals surface area contributed by atoms with Crippen LogP contribution in [0.2, 0.25) is 0 Å². The second kappa shape index (κ2) is 7.72. The quantitative estimate of drug-likeness (QED) is 0.821. The lowest BCUT2D eigenvalue weighted by Gasteiger charge is -2.32. The first-order valence-corrected chi connectivity index (χ1v) is 9.25. The number of piperidine rings is 1. The van der Waals surface area contributed by atoms with E-state index in [1.165, 1.54) is 0 Å². The molecule has 0 aliphatic carbocycles. The molecule has 1 atom stereocenters. The highest BCUT2D eigenvalue weighted by Crippen LogP contribution is 2.27. The van der Waals surface area contributed by atoms with E-state index in [2.05, 4.69) is 41.3 Å². The molecule has 25 heavy (non-hydrogen) atoms. The molecular formula is C20H28N4O. The van der Waals surface area contributed by atoms with Crippen molar-refractivity contribution >= 4 is 22.9 Å². The number of allylic oxidation sites excluding steroid dienone is 1. The number of carbonyl (C=O) groups is 1. The van der Waals surface area contributed by atoms with Crippen molar-refractivity contribution in [3.8, 4) is 0 Å². The third-order valence-electron chi connectivity index (χ3n) is 5.10. The first-order chi connectivity index (χ1) is 12.1. The molecule has 1 aliphatic rings.